The van der Waals surface area contributed by atoms with E-state index in [4.69, 9.17) is 18.9 Å². The summed E-state index contributed by atoms with van der Waals surface area (Å²) >= 11 is 0. The third-order valence-corrected chi connectivity index (χ3v) is 5.58. The SMILES string of the molecule is CCOc1cc(C[NH+]2CC[NH+](Cc3ccc(OC)cc3OC)CC2)ccc1OC. The van der Waals surface area contributed by atoms with Crippen molar-refractivity contribution in [2.24, 2.45) is 0 Å². The fraction of sp³-hybridized carbons (Fsp3) is 0.478. The van der Waals surface area contributed by atoms with Gasteiger partial charge in [-0.1, -0.05) is 0 Å². The molecular formula is C23H34N2O4+2. The van der Waals surface area contributed by atoms with E-state index in [2.05, 4.69) is 18.2 Å². The number of piperazine rings is 1. The van der Waals surface area contributed by atoms with E-state index in [0.717, 1.165) is 62.3 Å². The van der Waals surface area contributed by atoms with Crippen LogP contribution in [0, 0.1) is 0 Å². The molecule has 1 heterocycles. The van der Waals surface area contributed by atoms with E-state index in [0.29, 0.717) is 6.61 Å². The maximum Gasteiger partial charge on any atom is 0.161 e. The third kappa shape index (κ3) is 5.55. The molecule has 0 spiro atoms. The van der Waals surface area contributed by atoms with Crippen LogP contribution >= 0.6 is 0 Å². The first-order chi connectivity index (χ1) is 14.2. The highest BCUT2D eigenvalue weighted by molar-refractivity contribution is 5.43. The smallest absolute Gasteiger partial charge is 0.161 e. The molecule has 0 atom stereocenters. The Bertz CT molecular complexity index is 788. The molecule has 2 aromatic carbocycles. The van der Waals surface area contributed by atoms with Gasteiger partial charge in [-0.3, -0.25) is 0 Å². The number of ether oxygens (including phenoxy) is 4. The number of hydrogen-bond donors (Lipinski definition) is 2. The molecule has 1 fully saturated rings. The highest BCUT2D eigenvalue weighted by atomic mass is 16.5. The minimum absolute atomic E-state index is 0.642. The third-order valence-electron chi connectivity index (χ3n) is 5.58. The molecule has 2 aromatic rings. The van der Waals surface area contributed by atoms with Crippen molar-refractivity contribution in [3.63, 3.8) is 0 Å². The topological polar surface area (TPSA) is 45.8 Å². The molecule has 1 aliphatic rings. The Morgan fingerprint density at radius 1 is 0.724 bits per heavy atom. The quantitative estimate of drug-likeness (QED) is 0.645. The van der Waals surface area contributed by atoms with E-state index in [1.807, 2.05) is 25.1 Å². The Balaban J connectivity index is 1.55. The van der Waals surface area contributed by atoms with Gasteiger partial charge in [0.2, 0.25) is 0 Å². The summed E-state index contributed by atoms with van der Waals surface area (Å²) in [6, 6.07) is 12.4. The van der Waals surface area contributed by atoms with Gasteiger partial charge in [-0.05, 0) is 37.3 Å². The van der Waals surface area contributed by atoms with Crippen LogP contribution in [0.3, 0.4) is 0 Å². The normalized spacial score (nSPS) is 18.9. The predicted molar refractivity (Wildman–Crippen MR) is 113 cm³/mol. The molecule has 0 unspecified atom stereocenters. The largest absolute Gasteiger partial charge is 0.497 e. The second kappa shape index (κ2) is 10.4. The molecule has 6 nitrogen and oxygen atoms in total. The average Bonchev–Trinajstić information content (AvgIpc) is 2.76. The van der Waals surface area contributed by atoms with Gasteiger partial charge >= 0.3 is 0 Å². The van der Waals surface area contributed by atoms with Crippen molar-refractivity contribution in [1.82, 2.24) is 0 Å². The van der Waals surface area contributed by atoms with Crippen molar-refractivity contribution >= 4 is 0 Å². The number of methoxy groups -OCH3 is 3. The van der Waals surface area contributed by atoms with Crippen LogP contribution in [0.2, 0.25) is 0 Å². The lowest BCUT2D eigenvalue weighted by Gasteiger charge is -2.30. The number of benzene rings is 2. The van der Waals surface area contributed by atoms with Crippen molar-refractivity contribution in [3.05, 3.63) is 47.5 Å². The van der Waals surface area contributed by atoms with Crippen LogP contribution in [-0.4, -0.2) is 54.1 Å². The second-order valence-electron chi connectivity index (χ2n) is 7.45. The van der Waals surface area contributed by atoms with Gasteiger partial charge in [-0.2, -0.15) is 0 Å². The molecule has 2 N–H and O–H groups in total. The summed E-state index contributed by atoms with van der Waals surface area (Å²) in [6.45, 7) is 9.26. The first-order valence-electron chi connectivity index (χ1n) is 10.3. The van der Waals surface area contributed by atoms with Gasteiger partial charge in [0.15, 0.2) is 11.5 Å². The van der Waals surface area contributed by atoms with E-state index >= 15 is 0 Å². The average molecular weight is 403 g/mol. The first-order valence-corrected chi connectivity index (χ1v) is 10.3. The highest BCUT2D eigenvalue weighted by Crippen LogP contribution is 2.27. The van der Waals surface area contributed by atoms with Gasteiger partial charge in [0, 0.05) is 17.2 Å². The highest BCUT2D eigenvalue weighted by Gasteiger charge is 2.24. The number of hydrogen-bond acceptors (Lipinski definition) is 4. The minimum atomic E-state index is 0.642. The summed E-state index contributed by atoms with van der Waals surface area (Å²) in [5.74, 6) is 3.38. The molecule has 0 saturated carbocycles. The summed E-state index contributed by atoms with van der Waals surface area (Å²) < 4.78 is 22.0. The lowest BCUT2D eigenvalue weighted by Crippen LogP contribution is -3.27. The van der Waals surface area contributed by atoms with Crippen LogP contribution in [-0.2, 0) is 13.1 Å². The molecule has 0 bridgehead atoms. The monoisotopic (exact) mass is 402 g/mol. The Hall–Kier alpha value is -2.44. The zero-order valence-electron chi connectivity index (χ0n) is 18.0. The molecule has 1 saturated heterocycles. The van der Waals surface area contributed by atoms with Gasteiger partial charge in [0.1, 0.15) is 50.8 Å². The van der Waals surface area contributed by atoms with Gasteiger partial charge in [0.25, 0.3) is 0 Å². The Morgan fingerprint density at radius 2 is 1.41 bits per heavy atom. The van der Waals surface area contributed by atoms with E-state index in [-0.39, 0.29) is 0 Å². The fourth-order valence-corrected chi connectivity index (χ4v) is 3.97. The molecule has 3 rings (SSSR count). The molecular weight excluding hydrogens is 368 g/mol. The van der Waals surface area contributed by atoms with E-state index in [9.17, 15) is 0 Å². The summed E-state index contributed by atoms with van der Waals surface area (Å²) in [5.41, 5.74) is 2.53. The molecule has 0 aromatic heterocycles. The number of rotatable bonds is 9. The summed E-state index contributed by atoms with van der Waals surface area (Å²) in [5, 5.41) is 0. The Labute approximate surface area is 173 Å². The Morgan fingerprint density at radius 3 is 2.03 bits per heavy atom. The standard InChI is InChI=1S/C23H32N2O4/c1-5-29-23-14-18(6-9-21(23)27-3)16-24-10-12-25(13-11-24)17-19-7-8-20(26-2)15-22(19)28-4/h6-9,14-15H,5,10-13,16-17H2,1-4H3/p+2. The number of quaternary nitrogens is 2. The molecule has 0 aliphatic carbocycles. The van der Waals surface area contributed by atoms with Crippen molar-refractivity contribution in [1.29, 1.82) is 0 Å². The van der Waals surface area contributed by atoms with Crippen molar-refractivity contribution in [2.45, 2.75) is 20.0 Å². The summed E-state index contributed by atoms with van der Waals surface area (Å²) in [7, 11) is 5.09. The lowest BCUT2D eigenvalue weighted by molar-refractivity contribution is -1.02. The fourth-order valence-electron chi connectivity index (χ4n) is 3.97. The lowest BCUT2D eigenvalue weighted by atomic mass is 10.1. The zero-order chi connectivity index (χ0) is 20.6. The Kier molecular flexibility index (Phi) is 7.61. The van der Waals surface area contributed by atoms with Crippen molar-refractivity contribution < 1.29 is 28.7 Å². The van der Waals surface area contributed by atoms with Gasteiger partial charge in [0.05, 0.1) is 27.9 Å². The molecule has 1 aliphatic heterocycles. The maximum absolute atomic E-state index is 5.72. The van der Waals surface area contributed by atoms with Crippen LogP contribution < -0.4 is 28.7 Å². The van der Waals surface area contributed by atoms with E-state index in [1.165, 1.54) is 11.1 Å². The van der Waals surface area contributed by atoms with E-state index in [1.54, 1.807) is 31.1 Å². The number of nitrogens with one attached hydrogen (secondary N) is 2. The van der Waals surface area contributed by atoms with Gasteiger partial charge < -0.3 is 28.7 Å². The summed E-state index contributed by atoms with van der Waals surface area (Å²) in [4.78, 5) is 3.21. The van der Waals surface area contributed by atoms with Crippen LogP contribution in [0.5, 0.6) is 23.0 Å². The molecule has 0 amide bonds. The summed E-state index contributed by atoms with van der Waals surface area (Å²) in [6.07, 6.45) is 0. The predicted octanol–water partition coefficient (Wildman–Crippen LogP) is 0.595. The van der Waals surface area contributed by atoms with Gasteiger partial charge in [-0.25, -0.2) is 0 Å². The van der Waals surface area contributed by atoms with Crippen LogP contribution in [0.4, 0.5) is 0 Å². The van der Waals surface area contributed by atoms with Crippen molar-refractivity contribution in [2.75, 3.05) is 54.1 Å². The minimum Gasteiger partial charge on any atom is -0.497 e. The molecule has 29 heavy (non-hydrogen) atoms. The van der Waals surface area contributed by atoms with Crippen LogP contribution in [0.1, 0.15) is 18.1 Å². The first kappa shape index (κ1) is 21.3. The molecule has 0 radical (unpaired) electrons. The van der Waals surface area contributed by atoms with Crippen LogP contribution in [0.15, 0.2) is 36.4 Å². The van der Waals surface area contributed by atoms with E-state index < -0.39 is 0 Å². The van der Waals surface area contributed by atoms with Gasteiger partial charge in [-0.15, -0.1) is 0 Å². The molecule has 6 heteroatoms. The second-order valence-corrected chi connectivity index (χ2v) is 7.45. The zero-order valence-corrected chi connectivity index (χ0v) is 18.0. The maximum atomic E-state index is 5.72. The molecule has 158 valence electrons. The van der Waals surface area contributed by atoms with Crippen molar-refractivity contribution in [3.8, 4) is 23.0 Å². The van der Waals surface area contributed by atoms with Crippen LogP contribution in [0.25, 0.3) is 0 Å².